The van der Waals surface area contributed by atoms with E-state index >= 15 is 0 Å². The van der Waals surface area contributed by atoms with Gasteiger partial charge in [0.2, 0.25) is 0 Å². The van der Waals surface area contributed by atoms with Crippen LogP contribution in [0.15, 0.2) is 29.6 Å². The highest BCUT2D eigenvalue weighted by molar-refractivity contribution is 7.13. The van der Waals surface area contributed by atoms with Gasteiger partial charge in [0.05, 0.1) is 11.3 Å². The summed E-state index contributed by atoms with van der Waals surface area (Å²) in [6.07, 6.45) is 0. The smallest absolute Gasteiger partial charge is 0.387 e. The van der Waals surface area contributed by atoms with Gasteiger partial charge >= 0.3 is 6.61 Å². The Labute approximate surface area is 120 Å². The fraction of sp³-hybridized carbons (Fsp3) is 0.357. The Morgan fingerprint density at radius 1 is 1.30 bits per heavy atom. The van der Waals surface area contributed by atoms with Crippen LogP contribution < -0.4 is 10.1 Å². The maximum Gasteiger partial charge on any atom is 0.387 e. The summed E-state index contributed by atoms with van der Waals surface area (Å²) in [5.74, 6) is 0.153. The average Bonchev–Trinajstić information content (AvgIpc) is 2.85. The number of nitrogens with zero attached hydrogens (tertiary/aromatic N) is 1. The van der Waals surface area contributed by atoms with Crippen molar-refractivity contribution >= 4 is 11.3 Å². The number of rotatable bonds is 6. The van der Waals surface area contributed by atoms with E-state index in [1.165, 1.54) is 17.4 Å². The SMILES string of the molecule is CC(C)NCc1csc(-c2ccccc2OC(F)F)n1. The Bertz CT molecular complexity index is 558. The van der Waals surface area contributed by atoms with Gasteiger partial charge in [-0.05, 0) is 12.1 Å². The summed E-state index contributed by atoms with van der Waals surface area (Å²) >= 11 is 1.42. The number of alkyl halides is 2. The standard InChI is InChI=1S/C14H16F2N2OS/c1-9(2)17-7-10-8-20-13(18-10)11-5-3-4-6-12(11)19-14(15)16/h3-6,8-9,14,17H,7H2,1-2H3. The van der Waals surface area contributed by atoms with Gasteiger partial charge in [-0.25, -0.2) is 4.98 Å². The molecule has 0 aliphatic carbocycles. The molecule has 3 nitrogen and oxygen atoms in total. The van der Waals surface area contributed by atoms with Crippen molar-refractivity contribution in [2.24, 2.45) is 0 Å². The minimum Gasteiger partial charge on any atom is -0.434 e. The van der Waals surface area contributed by atoms with E-state index in [0.717, 1.165) is 5.69 Å². The quantitative estimate of drug-likeness (QED) is 0.878. The third-order valence-electron chi connectivity index (χ3n) is 2.58. The molecule has 2 rings (SSSR count). The summed E-state index contributed by atoms with van der Waals surface area (Å²) < 4.78 is 29.3. The van der Waals surface area contributed by atoms with E-state index < -0.39 is 6.61 Å². The highest BCUT2D eigenvalue weighted by Crippen LogP contribution is 2.32. The molecule has 6 heteroatoms. The predicted molar refractivity (Wildman–Crippen MR) is 76.2 cm³/mol. The van der Waals surface area contributed by atoms with Crippen LogP contribution in [0, 0.1) is 0 Å². The van der Waals surface area contributed by atoms with Crippen molar-refractivity contribution in [2.45, 2.75) is 33.0 Å². The lowest BCUT2D eigenvalue weighted by molar-refractivity contribution is -0.0494. The van der Waals surface area contributed by atoms with Crippen molar-refractivity contribution < 1.29 is 13.5 Å². The Hall–Kier alpha value is -1.53. The van der Waals surface area contributed by atoms with Crippen LogP contribution in [-0.4, -0.2) is 17.6 Å². The summed E-state index contributed by atoms with van der Waals surface area (Å²) in [7, 11) is 0. The van der Waals surface area contributed by atoms with Gasteiger partial charge in [0, 0.05) is 18.0 Å². The lowest BCUT2D eigenvalue weighted by Gasteiger charge is -2.08. The molecule has 2 aromatic rings. The van der Waals surface area contributed by atoms with Gasteiger partial charge in [0.1, 0.15) is 10.8 Å². The molecule has 0 spiro atoms. The summed E-state index contributed by atoms with van der Waals surface area (Å²) in [6.45, 7) is 1.93. The van der Waals surface area contributed by atoms with Crippen LogP contribution in [-0.2, 0) is 6.54 Å². The number of thiazole rings is 1. The van der Waals surface area contributed by atoms with Gasteiger partial charge in [-0.15, -0.1) is 11.3 Å². The number of nitrogens with one attached hydrogen (secondary N) is 1. The molecule has 108 valence electrons. The zero-order chi connectivity index (χ0) is 14.5. The molecule has 0 radical (unpaired) electrons. The normalized spacial score (nSPS) is 11.3. The Morgan fingerprint density at radius 2 is 2.05 bits per heavy atom. The average molecular weight is 298 g/mol. The third kappa shape index (κ3) is 3.98. The molecule has 0 saturated heterocycles. The molecule has 0 aliphatic rings. The van der Waals surface area contributed by atoms with Crippen LogP contribution >= 0.6 is 11.3 Å². The monoisotopic (exact) mass is 298 g/mol. The molecule has 0 fully saturated rings. The zero-order valence-electron chi connectivity index (χ0n) is 11.3. The minimum absolute atomic E-state index is 0.153. The number of benzene rings is 1. The molecule has 1 aromatic heterocycles. The maximum absolute atomic E-state index is 12.4. The second kappa shape index (κ2) is 6.76. The maximum atomic E-state index is 12.4. The minimum atomic E-state index is -2.84. The van der Waals surface area contributed by atoms with Crippen LogP contribution in [0.5, 0.6) is 5.75 Å². The van der Waals surface area contributed by atoms with E-state index in [9.17, 15) is 8.78 Å². The van der Waals surface area contributed by atoms with Gasteiger partial charge < -0.3 is 10.1 Å². The first-order valence-electron chi connectivity index (χ1n) is 6.28. The summed E-state index contributed by atoms with van der Waals surface area (Å²) in [4.78, 5) is 4.45. The van der Waals surface area contributed by atoms with Crippen LogP contribution in [0.4, 0.5) is 8.78 Å². The molecular weight excluding hydrogens is 282 g/mol. The Morgan fingerprint density at radius 3 is 2.75 bits per heavy atom. The Kier molecular flexibility index (Phi) is 5.03. The molecule has 1 N–H and O–H groups in total. The number of aromatic nitrogens is 1. The largest absolute Gasteiger partial charge is 0.434 e. The van der Waals surface area contributed by atoms with Crippen molar-refractivity contribution in [3.63, 3.8) is 0 Å². The van der Waals surface area contributed by atoms with Gasteiger partial charge in [0.25, 0.3) is 0 Å². The first-order valence-corrected chi connectivity index (χ1v) is 7.16. The lowest BCUT2D eigenvalue weighted by atomic mass is 10.2. The van der Waals surface area contributed by atoms with E-state index in [2.05, 4.69) is 28.9 Å². The zero-order valence-corrected chi connectivity index (χ0v) is 12.1. The fourth-order valence-electron chi connectivity index (χ4n) is 1.66. The van der Waals surface area contributed by atoms with Gasteiger partial charge in [-0.1, -0.05) is 26.0 Å². The highest BCUT2D eigenvalue weighted by Gasteiger charge is 2.13. The van der Waals surface area contributed by atoms with Gasteiger partial charge in [0.15, 0.2) is 0 Å². The van der Waals surface area contributed by atoms with Crippen LogP contribution in [0.3, 0.4) is 0 Å². The van der Waals surface area contributed by atoms with Crippen molar-refractivity contribution in [1.29, 1.82) is 0 Å². The van der Waals surface area contributed by atoms with Gasteiger partial charge in [-0.3, -0.25) is 0 Å². The van der Waals surface area contributed by atoms with Crippen molar-refractivity contribution in [3.05, 3.63) is 35.3 Å². The van der Waals surface area contributed by atoms with E-state index in [1.807, 2.05) is 5.38 Å². The van der Waals surface area contributed by atoms with Crippen molar-refractivity contribution in [2.75, 3.05) is 0 Å². The number of halogens is 2. The highest BCUT2D eigenvalue weighted by atomic mass is 32.1. The topological polar surface area (TPSA) is 34.1 Å². The summed E-state index contributed by atoms with van der Waals surface area (Å²) in [5, 5.41) is 5.87. The molecule has 0 saturated carbocycles. The third-order valence-corrected chi connectivity index (χ3v) is 3.50. The van der Waals surface area contributed by atoms with Crippen molar-refractivity contribution in [1.82, 2.24) is 10.3 Å². The second-order valence-corrected chi connectivity index (χ2v) is 5.41. The molecule has 0 amide bonds. The van der Waals surface area contributed by atoms with Crippen LogP contribution in [0.2, 0.25) is 0 Å². The van der Waals surface area contributed by atoms with E-state index in [4.69, 9.17) is 0 Å². The number of hydrogen-bond acceptors (Lipinski definition) is 4. The number of para-hydroxylation sites is 1. The van der Waals surface area contributed by atoms with Crippen LogP contribution in [0.1, 0.15) is 19.5 Å². The number of ether oxygens (including phenoxy) is 1. The second-order valence-electron chi connectivity index (χ2n) is 4.55. The first-order chi connectivity index (χ1) is 9.56. The lowest BCUT2D eigenvalue weighted by Crippen LogP contribution is -2.21. The summed E-state index contributed by atoms with van der Waals surface area (Å²) in [6, 6.07) is 7.07. The van der Waals surface area contributed by atoms with E-state index in [1.54, 1.807) is 18.2 Å². The molecule has 1 heterocycles. The van der Waals surface area contributed by atoms with E-state index in [-0.39, 0.29) is 5.75 Å². The predicted octanol–water partition coefficient (Wildman–Crippen LogP) is 3.91. The Balaban J connectivity index is 2.19. The van der Waals surface area contributed by atoms with E-state index in [0.29, 0.717) is 23.2 Å². The molecule has 0 unspecified atom stereocenters. The summed E-state index contributed by atoms with van der Waals surface area (Å²) in [5.41, 5.74) is 1.49. The molecule has 0 bridgehead atoms. The molecule has 0 atom stereocenters. The molecule has 20 heavy (non-hydrogen) atoms. The number of hydrogen-bond donors (Lipinski definition) is 1. The van der Waals surface area contributed by atoms with Crippen LogP contribution in [0.25, 0.3) is 10.6 Å². The molecule has 0 aliphatic heterocycles. The van der Waals surface area contributed by atoms with Crippen molar-refractivity contribution in [3.8, 4) is 16.3 Å². The first kappa shape index (κ1) is 14.9. The fourth-order valence-corrected chi connectivity index (χ4v) is 2.51. The molecular formula is C14H16F2N2OS. The molecule has 1 aromatic carbocycles. The van der Waals surface area contributed by atoms with Gasteiger partial charge in [-0.2, -0.15) is 8.78 Å².